The smallest absolute Gasteiger partial charge is 0.251 e. The SMILES string of the molecule is O=S(=O)([C-](S(=O)(=O)C(F)(F)F)S(=O)(=O)C(F)(F)F)C(F)(F)F.O=S(=O)([C-](S(=O)(=O)C(F)(F)F)S(=O)(=O)C(F)(F)F)C(F)(F)F.O=S(=O)([C-](S(=O)(=O)C(F)(F)F)S(=O)(=O)C(F)(F)F)C(F)(F)F.[Bi+3]. The predicted octanol–water partition coefficient (Wildman–Crippen LogP) is 3.33. The summed E-state index contributed by atoms with van der Waals surface area (Å²) < 4.78 is 502. The molecule has 0 aromatic carbocycles. The molecule has 0 heterocycles. The van der Waals surface area contributed by atoms with Gasteiger partial charge < -0.3 is 0 Å². The van der Waals surface area contributed by atoms with Crippen LogP contribution >= 0.6 is 0 Å². The largest absolute Gasteiger partial charge is 3.00 e. The van der Waals surface area contributed by atoms with Crippen molar-refractivity contribution in [2.45, 2.75) is 49.6 Å². The van der Waals surface area contributed by atoms with Crippen molar-refractivity contribution >= 4 is 115 Å². The maximum atomic E-state index is 12.0. The average Bonchev–Trinajstić information content (AvgIpc) is 2.91. The Hall–Kier alpha value is -1.46. The van der Waals surface area contributed by atoms with Gasteiger partial charge in [0.15, 0.2) is 88.5 Å². The Kier molecular flexibility index (Phi) is 21.0. The summed E-state index contributed by atoms with van der Waals surface area (Å²) >= 11 is 0. The molecule has 18 nitrogen and oxygen atoms in total. The van der Waals surface area contributed by atoms with E-state index in [1.165, 1.54) is 0 Å². The van der Waals surface area contributed by atoms with Crippen LogP contribution in [0.2, 0.25) is 0 Å². The molecule has 2 radical (unpaired) electrons. The van der Waals surface area contributed by atoms with Gasteiger partial charge in [0.2, 0.25) is 0 Å². The molecule has 0 amide bonds. The first-order chi connectivity index (χ1) is 27.3. The fourth-order valence-corrected chi connectivity index (χ4v) is 19.4. The molecule has 0 saturated heterocycles. The third-order valence-electron chi connectivity index (χ3n) is 4.72. The van der Waals surface area contributed by atoms with Gasteiger partial charge in [0.05, 0.1) is 11.7 Å². The molecule has 404 valence electrons. The minimum atomic E-state index is -8.02. The second-order valence-corrected chi connectivity index (χ2v) is 28.5. The van der Waals surface area contributed by atoms with Gasteiger partial charge in [-0.15, -0.1) is 0 Å². The molecule has 0 fully saturated rings. The van der Waals surface area contributed by atoms with Gasteiger partial charge in [0.25, 0.3) is 0 Å². The maximum Gasteiger partial charge on any atom is 3.00 e. The van der Waals surface area contributed by atoms with Crippen LogP contribution in [0, 0.1) is 11.7 Å². The van der Waals surface area contributed by atoms with Gasteiger partial charge in [-0.3, -0.25) is 75.8 Å². The molecule has 0 aliphatic rings. The number of sulfone groups is 9. The number of hydrogen-bond donors (Lipinski definition) is 0. The quantitative estimate of drug-likeness (QED) is 0.182. The van der Waals surface area contributed by atoms with Gasteiger partial charge >= 0.3 is 75.8 Å². The first-order valence-corrected chi connectivity index (χ1v) is 25.1. The van der Waals surface area contributed by atoms with Crippen LogP contribution in [0.25, 0.3) is 0 Å². The minimum Gasteiger partial charge on any atom is -0.251 e. The summed E-state index contributed by atoms with van der Waals surface area (Å²) in [5, 5.41) is 0. The van der Waals surface area contributed by atoms with Crippen LogP contribution in [-0.4, -0.2) is 152 Å². The van der Waals surface area contributed by atoms with Gasteiger partial charge in [0.1, 0.15) is 0 Å². The molecule has 0 aromatic heterocycles. The standard InChI is InChI=1S/3C4F9O6S3.Bi/c3*5-2(6,7)20(14,15)1(21(16,17)3(8,9)10)22(18,19)4(11,12)13;/q3*-1;+3. The van der Waals surface area contributed by atoms with Gasteiger partial charge in [-0.2, -0.15) is 119 Å². The minimum absolute atomic E-state index is 0. The molecule has 55 heteroatoms. The van der Waals surface area contributed by atoms with Crippen LogP contribution in [0.3, 0.4) is 0 Å². The van der Waals surface area contributed by atoms with Gasteiger partial charge in [-0.25, -0.2) is 0 Å². The average molecular weight is 1440 g/mol. The van der Waals surface area contributed by atoms with Crippen molar-refractivity contribution in [3.8, 4) is 0 Å². The van der Waals surface area contributed by atoms with Crippen LogP contribution in [0.15, 0.2) is 0 Å². The summed E-state index contributed by atoms with van der Waals surface area (Å²) in [5.74, 6) is 0. The van der Waals surface area contributed by atoms with Gasteiger partial charge in [0, 0.05) is 0 Å². The van der Waals surface area contributed by atoms with Gasteiger partial charge in [-0.1, -0.05) is 0 Å². The van der Waals surface area contributed by atoms with E-state index in [4.69, 9.17) is 0 Å². The molecule has 0 unspecified atom stereocenters. The van der Waals surface area contributed by atoms with Crippen LogP contribution in [0.4, 0.5) is 119 Å². The van der Waals surface area contributed by atoms with E-state index >= 15 is 0 Å². The zero-order valence-corrected chi connectivity index (χ0v) is 38.5. The Bertz CT molecular complexity index is 2210. The summed E-state index contributed by atoms with van der Waals surface area (Å²) in [6.45, 7) is 0. The second kappa shape index (κ2) is 19.5. The monoisotopic (exact) mass is 1440 g/mol. The third-order valence-corrected chi connectivity index (χ3v) is 26.0. The zero-order chi connectivity index (χ0) is 55.7. The maximum absolute atomic E-state index is 12.0. The summed E-state index contributed by atoms with van der Waals surface area (Å²) in [7, 11) is -72.2. The molecular weight excluding hydrogens is 1440 g/mol. The van der Waals surface area contributed by atoms with Crippen molar-refractivity contribution in [1.29, 1.82) is 0 Å². The molecule has 0 aliphatic carbocycles. The normalized spacial score (nSPS) is 15.9. The number of alkyl halides is 27. The van der Waals surface area contributed by atoms with E-state index in [9.17, 15) is 194 Å². The fourth-order valence-electron chi connectivity index (χ4n) is 2.15. The second-order valence-electron chi connectivity index (χ2n) is 9.29. The third kappa shape index (κ3) is 14.2. The molecule has 0 bridgehead atoms. The van der Waals surface area contributed by atoms with E-state index < -0.39 is 150 Å². The summed E-state index contributed by atoms with van der Waals surface area (Å²) in [5.41, 5.74) is -63.5. The molecule has 67 heavy (non-hydrogen) atoms. The van der Waals surface area contributed by atoms with Crippen molar-refractivity contribution < 1.29 is 194 Å². The van der Waals surface area contributed by atoms with Crippen molar-refractivity contribution in [1.82, 2.24) is 0 Å². The predicted molar refractivity (Wildman–Crippen MR) is 150 cm³/mol. The first kappa shape index (κ1) is 72.1. The van der Waals surface area contributed by atoms with E-state index in [0.29, 0.717) is 0 Å². The summed E-state index contributed by atoms with van der Waals surface area (Å²) in [4.78, 5) is 0. The van der Waals surface area contributed by atoms with E-state index in [0.717, 1.165) is 0 Å². The Balaban J connectivity index is -0.000000441. The van der Waals surface area contributed by atoms with Crippen LogP contribution in [0.1, 0.15) is 0 Å². The molecule has 0 aliphatic heterocycles. The van der Waals surface area contributed by atoms with Crippen LogP contribution in [-0.2, 0) is 88.5 Å². The molecular formula is C12BiF27O18S9. The summed E-state index contributed by atoms with van der Waals surface area (Å²) in [6.07, 6.45) is 0. The topological polar surface area (TPSA) is 307 Å². The Morgan fingerprint density at radius 3 is 0.239 bits per heavy atom. The van der Waals surface area contributed by atoms with E-state index in [1.807, 2.05) is 0 Å². The van der Waals surface area contributed by atoms with Crippen LogP contribution < -0.4 is 0 Å². The van der Waals surface area contributed by atoms with Crippen molar-refractivity contribution in [2.75, 3.05) is 0 Å². The molecule has 0 spiro atoms. The Morgan fingerprint density at radius 1 is 0.164 bits per heavy atom. The van der Waals surface area contributed by atoms with E-state index in [-0.39, 0.29) is 26.2 Å². The number of rotatable bonds is 9. The Morgan fingerprint density at radius 2 is 0.209 bits per heavy atom. The van der Waals surface area contributed by atoms with Gasteiger partial charge in [-0.05, 0) is 0 Å². The number of halogens is 27. The molecule has 0 aromatic rings. The molecule has 0 N–H and O–H groups in total. The molecule has 0 rings (SSSR count). The van der Waals surface area contributed by atoms with Crippen molar-refractivity contribution in [3.63, 3.8) is 0 Å². The molecule has 0 atom stereocenters. The van der Waals surface area contributed by atoms with Crippen LogP contribution in [0.5, 0.6) is 0 Å². The molecule has 0 saturated carbocycles. The fraction of sp³-hybridized carbons (Fsp3) is 0.750. The Labute approximate surface area is 368 Å². The van der Waals surface area contributed by atoms with Crippen molar-refractivity contribution in [3.05, 3.63) is 11.7 Å². The van der Waals surface area contributed by atoms with Crippen molar-refractivity contribution in [2.24, 2.45) is 0 Å². The van der Waals surface area contributed by atoms with E-state index in [1.54, 1.807) is 0 Å². The van der Waals surface area contributed by atoms with E-state index in [2.05, 4.69) is 0 Å². The number of hydrogen-bond acceptors (Lipinski definition) is 18. The zero-order valence-electron chi connectivity index (χ0n) is 27.7. The first-order valence-electron chi connectivity index (χ1n) is 11.8. The summed E-state index contributed by atoms with van der Waals surface area (Å²) in [6, 6.07) is 0.